The lowest BCUT2D eigenvalue weighted by atomic mass is 9.90. The number of nitrogens with zero attached hydrogens (tertiary/aromatic N) is 1. The minimum absolute atomic E-state index is 0.0875. The summed E-state index contributed by atoms with van der Waals surface area (Å²) in [6, 6.07) is 22.1. The molecule has 4 heteroatoms. The second-order valence-corrected chi connectivity index (χ2v) is 8.00. The number of hydrogen-bond donors (Lipinski definition) is 0. The molecule has 0 atom stereocenters. The number of halogens is 2. The molecule has 154 valence electrons. The first kappa shape index (κ1) is 20.3. The molecule has 1 fully saturated rings. The van der Waals surface area contributed by atoms with Gasteiger partial charge in [0.15, 0.2) is 0 Å². The summed E-state index contributed by atoms with van der Waals surface area (Å²) in [6.07, 6.45) is 3.95. The van der Waals surface area contributed by atoms with Crippen LogP contribution in [0.2, 0.25) is 0 Å². The van der Waals surface area contributed by atoms with E-state index < -0.39 is 11.6 Å². The van der Waals surface area contributed by atoms with E-state index in [1.54, 1.807) is 4.90 Å². The number of amides is 1. The first-order chi connectivity index (χ1) is 14.6. The highest BCUT2D eigenvalue weighted by atomic mass is 19.1. The molecule has 1 heterocycles. The molecule has 0 saturated carbocycles. The quantitative estimate of drug-likeness (QED) is 0.501. The summed E-state index contributed by atoms with van der Waals surface area (Å²) < 4.78 is 26.8. The Labute approximate surface area is 176 Å². The number of benzene rings is 3. The van der Waals surface area contributed by atoms with E-state index in [2.05, 4.69) is 36.4 Å². The van der Waals surface area contributed by atoms with Gasteiger partial charge in [0.1, 0.15) is 11.6 Å². The predicted octanol–water partition coefficient (Wildman–Crippen LogP) is 6.12. The highest BCUT2D eigenvalue weighted by Gasteiger charge is 2.24. The summed E-state index contributed by atoms with van der Waals surface area (Å²) in [5.74, 6) is -1.16. The third kappa shape index (κ3) is 4.93. The van der Waals surface area contributed by atoms with Crippen molar-refractivity contribution in [1.82, 2.24) is 4.90 Å². The van der Waals surface area contributed by atoms with Crippen LogP contribution in [0.1, 0.15) is 35.2 Å². The van der Waals surface area contributed by atoms with Crippen LogP contribution in [-0.4, -0.2) is 23.9 Å². The van der Waals surface area contributed by atoms with Crippen LogP contribution in [0.25, 0.3) is 11.1 Å². The molecule has 3 aromatic carbocycles. The van der Waals surface area contributed by atoms with Crippen LogP contribution >= 0.6 is 0 Å². The van der Waals surface area contributed by atoms with Crippen molar-refractivity contribution in [2.75, 3.05) is 13.1 Å². The van der Waals surface area contributed by atoms with E-state index in [1.807, 2.05) is 18.2 Å². The zero-order valence-electron chi connectivity index (χ0n) is 16.9. The van der Waals surface area contributed by atoms with Gasteiger partial charge in [-0.25, -0.2) is 8.78 Å². The van der Waals surface area contributed by atoms with Crippen LogP contribution < -0.4 is 0 Å². The smallest absolute Gasteiger partial charge is 0.254 e. The summed E-state index contributed by atoms with van der Waals surface area (Å²) in [5, 5.41) is 0. The van der Waals surface area contributed by atoms with E-state index in [-0.39, 0.29) is 11.5 Å². The Balaban J connectivity index is 1.27. The number of carbonyl (C=O) groups is 1. The Morgan fingerprint density at radius 2 is 1.43 bits per heavy atom. The van der Waals surface area contributed by atoms with E-state index in [0.29, 0.717) is 19.0 Å². The predicted molar refractivity (Wildman–Crippen MR) is 115 cm³/mol. The SMILES string of the molecule is O=C(c1cc(F)cc(F)c1)N1CCC(CCc2ccc(-c3ccccc3)cc2)CC1. The van der Waals surface area contributed by atoms with Gasteiger partial charge in [-0.05, 0) is 60.4 Å². The zero-order chi connectivity index (χ0) is 20.9. The molecule has 0 N–H and O–H groups in total. The van der Waals surface area contributed by atoms with Gasteiger partial charge in [-0.3, -0.25) is 4.79 Å². The maximum atomic E-state index is 13.4. The monoisotopic (exact) mass is 405 g/mol. The number of piperidine rings is 1. The summed E-state index contributed by atoms with van der Waals surface area (Å²) in [7, 11) is 0. The van der Waals surface area contributed by atoms with Crippen molar-refractivity contribution in [3.05, 3.63) is 95.6 Å². The van der Waals surface area contributed by atoms with Crippen molar-refractivity contribution in [3.63, 3.8) is 0 Å². The van der Waals surface area contributed by atoms with Crippen molar-refractivity contribution in [3.8, 4) is 11.1 Å². The average Bonchev–Trinajstić information content (AvgIpc) is 2.78. The van der Waals surface area contributed by atoms with Crippen molar-refractivity contribution in [2.45, 2.75) is 25.7 Å². The third-order valence-electron chi connectivity index (χ3n) is 5.91. The first-order valence-corrected chi connectivity index (χ1v) is 10.5. The van der Waals surface area contributed by atoms with E-state index >= 15 is 0 Å². The fourth-order valence-corrected chi connectivity index (χ4v) is 4.15. The Morgan fingerprint density at radius 1 is 0.833 bits per heavy atom. The van der Waals surface area contributed by atoms with Gasteiger partial charge in [-0.15, -0.1) is 0 Å². The minimum atomic E-state index is -0.716. The molecule has 0 radical (unpaired) electrons. The molecule has 0 aliphatic carbocycles. The lowest BCUT2D eigenvalue weighted by Gasteiger charge is -2.32. The number of likely N-dealkylation sites (tertiary alicyclic amines) is 1. The van der Waals surface area contributed by atoms with Gasteiger partial charge in [0.05, 0.1) is 0 Å². The third-order valence-corrected chi connectivity index (χ3v) is 5.91. The second-order valence-electron chi connectivity index (χ2n) is 8.00. The van der Waals surface area contributed by atoms with Crippen LogP contribution in [-0.2, 0) is 6.42 Å². The fourth-order valence-electron chi connectivity index (χ4n) is 4.15. The lowest BCUT2D eigenvalue weighted by molar-refractivity contribution is 0.0686. The molecule has 3 aromatic rings. The maximum absolute atomic E-state index is 13.4. The first-order valence-electron chi connectivity index (χ1n) is 10.5. The van der Waals surface area contributed by atoms with Crippen molar-refractivity contribution in [2.24, 2.45) is 5.92 Å². The molecule has 0 aromatic heterocycles. The van der Waals surface area contributed by atoms with Gasteiger partial charge < -0.3 is 4.90 Å². The molecule has 30 heavy (non-hydrogen) atoms. The molecule has 1 amide bonds. The van der Waals surface area contributed by atoms with Crippen LogP contribution in [0.4, 0.5) is 8.78 Å². The van der Waals surface area contributed by atoms with Gasteiger partial charge in [0, 0.05) is 24.7 Å². The normalized spacial score (nSPS) is 14.7. The number of hydrogen-bond acceptors (Lipinski definition) is 1. The molecule has 0 unspecified atom stereocenters. The highest BCUT2D eigenvalue weighted by Crippen LogP contribution is 2.25. The molecule has 1 aliphatic heterocycles. The molecule has 0 bridgehead atoms. The summed E-state index contributed by atoms with van der Waals surface area (Å²) in [4.78, 5) is 14.2. The van der Waals surface area contributed by atoms with Crippen molar-refractivity contribution in [1.29, 1.82) is 0 Å². The molecule has 4 rings (SSSR count). The number of carbonyl (C=O) groups excluding carboxylic acids is 1. The summed E-state index contributed by atoms with van der Waals surface area (Å²) in [5.41, 5.74) is 3.85. The second kappa shape index (κ2) is 9.21. The number of aryl methyl sites for hydroxylation is 1. The van der Waals surface area contributed by atoms with Gasteiger partial charge in [0.25, 0.3) is 5.91 Å². The van der Waals surface area contributed by atoms with Crippen molar-refractivity contribution >= 4 is 5.91 Å². The summed E-state index contributed by atoms with van der Waals surface area (Å²) >= 11 is 0. The highest BCUT2D eigenvalue weighted by molar-refractivity contribution is 5.94. The Morgan fingerprint density at radius 3 is 2.07 bits per heavy atom. The molecule has 1 aliphatic rings. The maximum Gasteiger partial charge on any atom is 0.254 e. The van der Waals surface area contributed by atoms with E-state index in [0.717, 1.165) is 43.9 Å². The molecular weight excluding hydrogens is 380 g/mol. The molecule has 2 nitrogen and oxygen atoms in total. The zero-order valence-corrected chi connectivity index (χ0v) is 16.9. The Kier molecular flexibility index (Phi) is 6.22. The van der Waals surface area contributed by atoms with E-state index in [4.69, 9.17) is 0 Å². The standard InChI is InChI=1S/C26H25F2NO/c27-24-16-23(17-25(28)18-24)26(30)29-14-12-20(13-15-29)7-6-19-8-10-22(11-9-19)21-4-2-1-3-5-21/h1-5,8-11,16-18,20H,6-7,12-15H2. The fraction of sp³-hybridized carbons (Fsp3) is 0.269. The van der Waals surface area contributed by atoms with Crippen molar-refractivity contribution < 1.29 is 13.6 Å². The van der Waals surface area contributed by atoms with Gasteiger partial charge in [-0.2, -0.15) is 0 Å². The van der Waals surface area contributed by atoms with Crippen LogP contribution in [0.3, 0.4) is 0 Å². The molecule has 0 spiro atoms. The largest absolute Gasteiger partial charge is 0.339 e. The van der Waals surface area contributed by atoms with Crippen LogP contribution in [0.5, 0.6) is 0 Å². The van der Waals surface area contributed by atoms with Gasteiger partial charge in [0.2, 0.25) is 0 Å². The molecular formula is C26H25F2NO. The number of rotatable bonds is 5. The van der Waals surface area contributed by atoms with Crippen LogP contribution in [0, 0.1) is 17.6 Å². The average molecular weight is 405 g/mol. The Hall–Kier alpha value is -3.01. The van der Waals surface area contributed by atoms with Gasteiger partial charge in [-0.1, -0.05) is 54.6 Å². The topological polar surface area (TPSA) is 20.3 Å². The van der Waals surface area contributed by atoms with Crippen LogP contribution in [0.15, 0.2) is 72.8 Å². The van der Waals surface area contributed by atoms with Gasteiger partial charge >= 0.3 is 0 Å². The summed E-state index contributed by atoms with van der Waals surface area (Å²) in [6.45, 7) is 1.27. The lowest BCUT2D eigenvalue weighted by Crippen LogP contribution is -2.38. The van der Waals surface area contributed by atoms with E-state index in [9.17, 15) is 13.6 Å². The minimum Gasteiger partial charge on any atom is -0.339 e. The van der Waals surface area contributed by atoms with E-state index in [1.165, 1.54) is 16.7 Å². The molecule has 1 saturated heterocycles. The Bertz CT molecular complexity index is 973.